The van der Waals surface area contributed by atoms with Gasteiger partial charge >= 0.3 is 0 Å². The first kappa shape index (κ1) is 21.0. The largest absolute Gasteiger partial charge is 0.493 e. The van der Waals surface area contributed by atoms with Gasteiger partial charge in [-0.25, -0.2) is 0 Å². The Labute approximate surface area is 165 Å². The standard InChI is InChI=1S/C22H26N2O4/c1-5-15(2)23-22(26)17-8-10-18(11-9-17)24-21(25)13-7-16-6-12-19(27-3)20(14-16)28-4/h6-15H,5H2,1-4H3,(H,23,26)(H,24,25)/b13-7+. The van der Waals surface area contributed by atoms with E-state index in [9.17, 15) is 9.59 Å². The summed E-state index contributed by atoms with van der Waals surface area (Å²) in [5.74, 6) is 0.824. The van der Waals surface area contributed by atoms with Crippen LogP contribution in [0.25, 0.3) is 6.08 Å². The van der Waals surface area contributed by atoms with E-state index in [2.05, 4.69) is 10.6 Å². The molecule has 0 radical (unpaired) electrons. The second-order valence-corrected chi connectivity index (χ2v) is 6.30. The lowest BCUT2D eigenvalue weighted by atomic mass is 10.1. The van der Waals surface area contributed by atoms with Crippen LogP contribution in [-0.2, 0) is 4.79 Å². The summed E-state index contributed by atoms with van der Waals surface area (Å²) in [6, 6.07) is 12.3. The molecule has 6 heteroatoms. The molecule has 0 saturated carbocycles. The van der Waals surface area contributed by atoms with Crippen LogP contribution in [0.15, 0.2) is 48.5 Å². The third-order valence-electron chi connectivity index (χ3n) is 4.24. The average molecular weight is 382 g/mol. The van der Waals surface area contributed by atoms with Crippen LogP contribution >= 0.6 is 0 Å². The SMILES string of the molecule is CCC(C)NC(=O)c1ccc(NC(=O)/C=C/c2ccc(OC)c(OC)c2)cc1. The van der Waals surface area contributed by atoms with Crippen LogP contribution in [0.2, 0.25) is 0 Å². The zero-order chi connectivity index (χ0) is 20.5. The Bertz CT molecular complexity index is 844. The van der Waals surface area contributed by atoms with Gasteiger partial charge in [0.25, 0.3) is 5.91 Å². The smallest absolute Gasteiger partial charge is 0.251 e. The predicted molar refractivity (Wildman–Crippen MR) is 111 cm³/mol. The Morgan fingerprint density at radius 3 is 2.32 bits per heavy atom. The fourth-order valence-electron chi connectivity index (χ4n) is 2.43. The molecule has 28 heavy (non-hydrogen) atoms. The van der Waals surface area contributed by atoms with Crippen molar-refractivity contribution in [2.24, 2.45) is 0 Å². The van der Waals surface area contributed by atoms with Crippen molar-refractivity contribution in [3.63, 3.8) is 0 Å². The van der Waals surface area contributed by atoms with Gasteiger partial charge in [-0.1, -0.05) is 13.0 Å². The molecule has 0 aliphatic heterocycles. The second kappa shape index (κ2) is 10.2. The maximum atomic E-state index is 12.1. The highest BCUT2D eigenvalue weighted by Gasteiger charge is 2.08. The molecule has 2 N–H and O–H groups in total. The Hall–Kier alpha value is -3.28. The molecule has 0 aliphatic rings. The van der Waals surface area contributed by atoms with Gasteiger partial charge in [0.15, 0.2) is 11.5 Å². The van der Waals surface area contributed by atoms with Crippen molar-refractivity contribution >= 4 is 23.6 Å². The lowest BCUT2D eigenvalue weighted by Crippen LogP contribution is -2.31. The number of nitrogens with one attached hydrogen (secondary N) is 2. The third-order valence-corrected chi connectivity index (χ3v) is 4.24. The highest BCUT2D eigenvalue weighted by molar-refractivity contribution is 6.02. The molecule has 0 fully saturated rings. The van der Waals surface area contributed by atoms with E-state index in [1.165, 1.54) is 6.08 Å². The van der Waals surface area contributed by atoms with Crippen molar-refractivity contribution in [3.05, 3.63) is 59.7 Å². The van der Waals surface area contributed by atoms with Crippen LogP contribution in [-0.4, -0.2) is 32.1 Å². The second-order valence-electron chi connectivity index (χ2n) is 6.30. The van der Waals surface area contributed by atoms with E-state index in [4.69, 9.17) is 9.47 Å². The molecule has 148 valence electrons. The van der Waals surface area contributed by atoms with E-state index in [1.807, 2.05) is 19.9 Å². The summed E-state index contributed by atoms with van der Waals surface area (Å²) < 4.78 is 10.4. The zero-order valence-corrected chi connectivity index (χ0v) is 16.6. The fourth-order valence-corrected chi connectivity index (χ4v) is 2.43. The molecule has 2 aromatic rings. The van der Waals surface area contributed by atoms with E-state index in [1.54, 1.807) is 56.7 Å². The lowest BCUT2D eigenvalue weighted by molar-refractivity contribution is -0.111. The number of ether oxygens (including phenoxy) is 2. The van der Waals surface area contributed by atoms with Crippen molar-refractivity contribution in [1.82, 2.24) is 5.32 Å². The molecule has 1 atom stereocenters. The summed E-state index contributed by atoms with van der Waals surface area (Å²) in [5, 5.41) is 5.67. The van der Waals surface area contributed by atoms with Crippen LogP contribution in [0.5, 0.6) is 11.5 Å². The van der Waals surface area contributed by atoms with E-state index < -0.39 is 0 Å². The molecule has 0 heterocycles. The first-order valence-electron chi connectivity index (χ1n) is 9.08. The van der Waals surface area contributed by atoms with Crippen molar-refractivity contribution in [1.29, 1.82) is 0 Å². The summed E-state index contributed by atoms with van der Waals surface area (Å²) in [5.41, 5.74) is 1.98. The minimum absolute atomic E-state index is 0.119. The summed E-state index contributed by atoms with van der Waals surface area (Å²) in [4.78, 5) is 24.2. The quantitative estimate of drug-likeness (QED) is 0.679. The van der Waals surface area contributed by atoms with Crippen LogP contribution in [0.4, 0.5) is 5.69 Å². The minimum atomic E-state index is -0.272. The molecule has 0 aromatic heterocycles. The first-order chi connectivity index (χ1) is 13.5. The Morgan fingerprint density at radius 2 is 1.71 bits per heavy atom. The molecule has 0 spiro atoms. The van der Waals surface area contributed by atoms with Crippen LogP contribution in [0.3, 0.4) is 0 Å². The molecule has 0 saturated heterocycles. The zero-order valence-electron chi connectivity index (χ0n) is 16.6. The molecular formula is C22H26N2O4. The summed E-state index contributed by atoms with van der Waals surface area (Å²) >= 11 is 0. The fraction of sp³-hybridized carbons (Fsp3) is 0.273. The average Bonchev–Trinajstić information content (AvgIpc) is 2.72. The Kier molecular flexibility index (Phi) is 7.63. The van der Waals surface area contributed by atoms with Gasteiger partial charge < -0.3 is 20.1 Å². The molecule has 0 aliphatic carbocycles. The van der Waals surface area contributed by atoms with Gasteiger partial charge in [-0.3, -0.25) is 9.59 Å². The molecule has 2 rings (SSSR count). The molecule has 1 unspecified atom stereocenters. The molecule has 6 nitrogen and oxygen atoms in total. The van der Waals surface area contributed by atoms with E-state index in [0.29, 0.717) is 22.7 Å². The number of anilines is 1. The number of hydrogen-bond donors (Lipinski definition) is 2. The molecular weight excluding hydrogens is 356 g/mol. The summed E-state index contributed by atoms with van der Waals surface area (Å²) in [7, 11) is 3.13. The third kappa shape index (κ3) is 5.87. The number of amides is 2. The van der Waals surface area contributed by atoms with Gasteiger partial charge in [0, 0.05) is 23.4 Å². The highest BCUT2D eigenvalue weighted by atomic mass is 16.5. The number of benzene rings is 2. The highest BCUT2D eigenvalue weighted by Crippen LogP contribution is 2.27. The minimum Gasteiger partial charge on any atom is -0.493 e. The molecule has 2 amide bonds. The normalized spacial score (nSPS) is 11.7. The number of methoxy groups -OCH3 is 2. The van der Waals surface area contributed by atoms with E-state index in [-0.39, 0.29) is 17.9 Å². The van der Waals surface area contributed by atoms with Gasteiger partial charge in [0.05, 0.1) is 14.2 Å². The van der Waals surface area contributed by atoms with E-state index >= 15 is 0 Å². The maximum absolute atomic E-state index is 12.1. The van der Waals surface area contributed by atoms with Gasteiger partial charge in [-0.2, -0.15) is 0 Å². The van der Waals surface area contributed by atoms with Gasteiger partial charge in [-0.15, -0.1) is 0 Å². The van der Waals surface area contributed by atoms with Gasteiger partial charge in [0.2, 0.25) is 5.91 Å². The van der Waals surface area contributed by atoms with Gasteiger partial charge in [-0.05, 0) is 61.4 Å². The monoisotopic (exact) mass is 382 g/mol. The Balaban J connectivity index is 1.97. The molecule has 0 bridgehead atoms. The summed E-state index contributed by atoms with van der Waals surface area (Å²) in [6.45, 7) is 3.97. The van der Waals surface area contributed by atoms with Crippen LogP contribution in [0, 0.1) is 0 Å². The molecule has 2 aromatic carbocycles. The topological polar surface area (TPSA) is 76.7 Å². The number of rotatable bonds is 8. The summed E-state index contributed by atoms with van der Waals surface area (Å²) in [6.07, 6.45) is 3.99. The predicted octanol–water partition coefficient (Wildman–Crippen LogP) is 3.88. The number of carbonyl (C=O) groups excluding carboxylic acids is 2. The first-order valence-corrected chi connectivity index (χ1v) is 9.08. The Morgan fingerprint density at radius 1 is 1.04 bits per heavy atom. The number of hydrogen-bond acceptors (Lipinski definition) is 4. The number of carbonyl (C=O) groups is 2. The van der Waals surface area contributed by atoms with Crippen molar-refractivity contribution in [2.75, 3.05) is 19.5 Å². The van der Waals surface area contributed by atoms with Crippen molar-refractivity contribution in [3.8, 4) is 11.5 Å². The van der Waals surface area contributed by atoms with Crippen LogP contribution < -0.4 is 20.1 Å². The van der Waals surface area contributed by atoms with E-state index in [0.717, 1.165) is 12.0 Å². The van der Waals surface area contributed by atoms with Crippen molar-refractivity contribution < 1.29 is 19.1 Å². The van der Waals surface area contributed by atoms with Crippen molar-refractivity contribution in [2.45, 2.75) is 26.3 Å². The maximum Gasteiger partial charge on any atom is 0.251 e. The van der Waals surface area contributed by atoms with Crippen LogP contribution in [0.1, 0.15) is 36.2 Å². The lowest BCUT2D eigenvalue weighted by Gasteiger charge is -2.11. The van der Waals surface area contributed by atoms with Gasteiger partial charge in [0.1, 0.15) is 0 Å².